The minimum atomic E-state index is 0. The van der Waals surface area contributed by atoms with Gasteiger partial charge in [-0.1, -0.05) is 30.7 Å². The zero-order chi connectivity index (χ0) is 18.2. The molecule has 1 atom stereocenters. The van der Waals surface area contributed by atoms with Crippen molar-refractivity contribution in [3.05, 3.63) is 34.9 Å². The van der Waals surface area contributed by atoms with E-state index in [0.29, 0.717) is 18.9 Å². The lowest BCUT2D eigenvalue weighted by Gasteiger charge is -2.31. The fourth-order valence-electron chi connectivity index (χ4n) is 3.31. The average Bonchev–Trinajstić information content (AvgIpc) is 2.59. The van der Waals surface area contributed by atoms with E-state index < -0.39 is 0 Å². The van der Waals surface area contributed by atoms with Crippen molar-refractivity contribution in [2.24, 2.45) is 10.9 Å². The number of aryl methyl sites for hydroxylation is 2. The zero-order valence-corrected chi connectivity index (χ0v) is 18.8. The summed E-state index contributed by atoms with van der Waals surface area (Å²) in [7, 11) is 1.76. The van der Waals surface area contributed by atoms with Crippen molar-refractivity contribution in [1.82, 2.24) is 15.5 Å². The normalized spacial score (nSPS) is 17.5. The van der Waals surface area contributed by atoms with Crippen LogP contribution < -0.4 is 10.6 Å². The first kappa shape index (κ1) is 22.7. The number of carbonyl (C=O) groups is 1. The second-order valence-corrected chi connectivity index (χ2v) is 7.12. The number of piperidine rings is 1. The van der Waals surface area contributed by atoms with Crippen molar-refractivity contribution >= 4 is 35.8 Å². The van der Waals surface area contributed by atoms with Gasteiger partial charge in [-0.3, -0.25) is 9.79 Å². The number of halogens is 1. The van der Waals surface area contributed by atoms with Gasteiger partial charge in [-0.25, -0.2) is 0 Å². The van der Waals surface area contributed by atoms with E-state index in [1.807, 2.05) is 4.90 Å². The Morgan fingerprint density at radius 3 is 2.73 bits per heavy atom. The van der Waals surface area contributed by atoms with Gasteiger partial charge in [0.05, 0.1) is 0 Å². The number of hydrogen-bond acceptors (Lipinski definition) is 2. The maximum atomic E-state index is 12.3. The van der Waals surface area contributed by atoms with Gasteiger partial charge in [-0.05, 0) is 43.7 Å². The number of amides is 1. The molecular formula is C20H33IN4O. The molecule has 1 amide bonds. The summed E-state index contributed by atoms with van der Waals surface area (Å²) in [5.41, 5.74) is 3.80. The van der Waals surface area contributed by atoms with Gasteiger partial charge in [0.1, 0.15) is 0 Å². The van der Waals surface area contributed by atoms with Crippen LogP contribution in [0.2, 0.25) is 0 Å². The second-order valence-electron chi connectivity index (χ2n) is 7.12. The first-order valence-electron chi connectivity index (χ1n) is 9.28. The lowest BCUT2D eigenvalue weighted by molar-refractivity contribution is -0.132. The fraction of sp³-hybridized carbons (Fsp3) is 0.600. The molecule has 1 aromatic carbocycles. The smallest absolute Gasteiger partial charge is 0.224 e. The van der Waals surface area contributed by atoms with E-state index in [-0.39, 0.29) is 29.9 Å². The van der Waals surface area contributed by atoms with Gasteiger partial charge in [0.2, 0.25) is 5.91 Å². The average molecular weight is 472 g/mol. The molecule has 146 valence electrons. The highest BCUT2D eigenvalue weighted by Gasteiger charge is 2.20. The maximum absolute atomic E-state index is 12.3. The van der Waals surface area contributed by atoms with Crippen LogP contribution in [0.4, 0.5) is 0 Å². The number of hydrogen-bond donors (Lipinski definition) is 2. The van der Waals surface area contributed by atoms with Crippen molar-refractivity contribution < 1.29 is 4.79 Å². The molecule has 1 unspecified atom stereocenters. The number of nitrogens with one attached hydrogen (secondary N) is 2. The molecule has 1 heterocycles. The van der Waals surface area contributed by atoms with Gasteiger partial charge in [0.25, 0.3) is 0 Å². The molecule has 1 aliphatic heterocycles. The van der Waals surface area contributed by atoms with Crippen LogP contribution in [0.3, 0.4) is 0 Å². The zero-order valence-electron chi connectivity index (χ0n) is 16.5. The van der Waals surface area contributed by atoms with Crippen molar-refractivity contribution in [1.29, 1.82) is 0 Å². The molecule has 1 aliphatic rings. The third-order valence-electron chi connectivity index (χ3n) is 4.81. The Balaban J connectivity index is 0.00000338. The summed E-state index contributed by atoms with van der Waals surface area (Å²) in [6.07, 6.45) is 2.87. The molecule has 0 radical (unpaired) electrons. The monoisotopic (exact) mass is 472 g/mol. The van der Waals surface area contributed by atoms with Gasteiger partial charge in [0, 0.05) is 39.6 Å². The lowest BCUT2D eigenvalue weighted by Crippen LogP contribution is -2.42. The molecule has 2 N–H and O–H groups in total. The summed E-state index contributed by atoms with van der Waals surface area (Å²) >= 11 is 0. The van der Waals surface area contributed by atoms with Crippen LogP contribution >= 0.6 is 24.0 Å². The highest BCUT2D eigenvalue weighted by molar-refractivity contribution is 14.0. The Labute approximate surface area is 175 Å². The summed E-state index contributed by atoms with van der Waals surface area (Å²) in [5.74, 6) is 1.60. The van der Waals surface area contributed by atoms with Crippen molar-refractivity contribution in [3.8, 4) is 0 Å². The lowest BCUT2D eigenvalue weighted by atomic mass is 10.00. The Bertz CT molecular complexity index is 618. The Morgan fingerprint density at radius 2 is 2.08 bits per heavy atom. The largest absolute Gasteiger partial charge is 0.356 e. The Morgan fingerprint density at radius 1 is 1.31 bits per heavy atom. The number of aliphatic imine (C=N–C) groups is 1. The van der Waals surface area contributed by atoms with E-state index in [9.17, 15) is 4.79 Å². The predicted octanol–water partition coefficient (Wildman–Crippen LogP) is 3.24. The van der Waals surface area contributed by atoms with Crippen molar-refractivity contribution in [2.75, 3.05) is 26.7 Å². The molecule has 0 aromatic heterocycles. The standard InChI is InChI=1S/C20H32N4O.HI/c1-15-7-8-18(17(3)12-15)13-23-20(21-4)22-10-9-19(25)24-11-5-6-16(2)14-24;/h7-8,12,16H,5-6,9-11,13-14H2,1-4H3,(H2,21,22,23);1H. The predicted molar refractivity (Wildman–Crippen MR) is 119 cm³/mol. The highest BCUT2D eigenvalue weighted by atomic mass is 127. The van der Waals surface area contributed by atoms with E-state index in [2.05, 4.69) is 54.6 Å². The molecule has 6 heteroatoms. The summed E-state index contributed by atoms with van der Waals surface area (Å²) in [5, 5.41) is 6.56. The number of rotatable bonds is 5. The third-order valence-corrected chi connectivity index (χ3v) is 4.81. The molecule has 2 rings (SSSR count). The first-order chi connectivity index (χ1) is 12.0. The maximum Gasteiger partial charge on any atom is 0.224 e. The van der Waals surface area contributed by atoms with Crippen LogP contribution in [0, 0.1) is 19.8 Å². The number of nitrogens with zero attached hydrogens (tertiary/aromatic N) is 2. The van der Waals surface area contributed by atoms with Crippen LogP contribution in [0.1, 0.15) is 42.9 Å². The van der Waals surface area contributed by atoms with Gasteiger partial charge in [0.15, 0.2) is 5.96 Å². The molecule has 1 saturated heterocycles. The van der Waals surface area contributed by atoms with Crippen LogP contribution in [-0.2, 0) is 11.3 Å². The summed E-state index contributed by atoms with van der Waals surface area (Å²) in [6, 6.07) is 6.45. The van der Waals surface area contributed by atoms with E-state index in [0.717, 1.165) is 32.0 Å². The molecule has 0 saturated carbocycles. The minimum absolute atomic E-state index is 0. The third kappa shape index (κ3) is 7.13. The molecule has 1 fully saturated rings. The summed E-state index contributed by atoms with van der Waals surface area (Å²) in [4.78, 5) is 18.5. The van der Waals surface area contributed by atoms with E-state index >= 15 is 0 Å². The number of benzene rings is 1. The Hall–Kier alpha value is -1.31. The molecule has 0 spiro atoms. The minimum Gasteiger partial charge on any atom is -0.356 e. The summed E-state index contributed by atoms with van der Waals surface area (Å²) < 4.78 is 0. The highest BCUT2D eigenvalue weighted by Crippen LogP contribution is 2.15. The van der Waals surface area contributed by atoms with Crippen LogP contribution in [-0.4, -0.2) is 43.4 Å². The van der Waals surface area contributed by atoms with Gasteiger partial charge in [-0.2, -0.15) is 0 Å². The van der Waals surface area contributed by atoms with Crippen LogP contribution in [0.15, 0.2) is 23.2 Å². The number of carbonyl (C=O) groups excluding carboxylic acids is 1. The van der Waals surface area contributed by atoms with Crippen molar-refractivity contribution in [2.45, 2.75) is 46.6 Å². The van der Waals surface area contributed by atoms with Crippen LogP contribution in [0.25, 0.3) is 0 Å². The van der Waals surface area contributed by atoms with E-state index in [1.54, 1.807) is 7.05 Å². The Kier molecular flexibility index (Phi) is 9.98. The van der Waals surface area contributed by atoms with Crippen molar-refractivity contribution in [3.63, 3.8) is 0 Å². The number of likely N-dealkylation sites (tertiary alicyclic amines) is 1. The second kappa shape index (κ2) is 11.4. The van der Waals surface area contributed by atoms with Gasteiger partial charge in [-0.15, -0.1) is 24.0 Å². The fourth-order valence-corrected chi connectivity index (χ4v) is 3.31. The van der Waals surface area contributed by atoms with Gasteiger partial charge >= 0.3 is 0 Å². The topological polar surface area (TPSA) is 56.7 Å². The molecule has 0 bridgehead atoms. The molecular weight excluding hydrogens is 439 g/mol. The number of guanidine groups is 1. The quantitative estimate of drug-likeness (QED) is 0.393. The van der Waals surface area contributed by atoms with Crippen LogP contribution in [0.5, 0.6) is 0 Å². The van der Waals surface area contributed by atoms with Gasteiger partial charge < -0.3 is 15.5 Å². The molecule has 1 aromatic rings. The first-order valence-corrected chi connectivity index (χ1v) is 9.28. The SMILES string of the molecule is CN=C(NCCC(=O)N1CCCC(C)C1)NCc1ccc(C)cc1C.I. The molecule has 26 heavy (non-hydrogen) atoms. The van der Waals surface area contributed by atoms with E-state index in [4.69, 9.17) is 0 Å². The molecule has 0 aliphatic carbocycles. The van der Waals surface area contributed by atoms with E-state index in [1.165, 1.54) is 23.1 Å². The summed E-state index contributed by atoms with van der Waals surface area (Å²) in [6.45, 7) is 9.58. The molecule has 5 nitrogen and oxygen atoms in total.